The monoisotopic (exact) mass is 231 g/mol. The molecule has 2 rings (SSSR count). The molecule has 0 aliphatic carbocycles. The first-order valence-corrected chi connectivity index (χ1v) is 4.47. The summed E-state index contributed by atoms with van der Waals surface area (Å²) in [6.07, 6.45) is 0. The van der Waals surface area contributed by atoms with Crippen LogP contribution in [0.4, 0.5) is 10.2 Å². The molecule has 0 bridgehead atoms. The standard InChI is InChI=1S/C8H7BrFNO/c1-2-11(10)5-3-4-6-8(12-6)7(5)9/h3-4H,2H2,1H3. The smallest absolute Gasteiger partial charge is 0.186 e. The summed E-state index contributed by atoms with van der Waals surface area (Å²) in [5.41, 5.74) is 0.522. The Balaban J connectivity index is 2.40. The summed E-state index contributed by atoms with van der Waals surface area (Å²) in [4.78, 5) is 0. The number of ether oxygens (including phenoxy) is 1. The fraction of sp³-hybridized carbons (Fsp3) is 0.250. The van der Waals surface area contributed by atoms with Gasteiger partial charge in [0.1, 0.15) is 0 Å². The topological polar surface area (TPSA) is 15.8 Å². The van der Waals surface area contributed by atoms with Crippen LogP contribution in [0.2, 0.25) is 0 Å². The molecule has 1 heterocycles. The lowest BCUT2D eigenvalue weighted by Crippen LogP contribution is -2.09. The van der Waals surface area contributed by atoms with Gasteiger partial charge >= 0.3 is 0 Å². The Morgan fingerprint density at radius 3 is 3.00 bits per heavy atom. The number of benzene rings is 1. The SMILES string of the molecule is CCN(F)c1ccc2c(c1Br)O2. The maximum Gasteiger partial charge on any atom is 0.186 e. The molecule has 0 radical (unpaired) electrons. The van der Waals surface area contributed by atoms with Crippen molar-refractivity contribution in [1.29, 1.82) is 0 Å². The minimum absolute atomic E-state index is 0.331. The molecule has 64 valence electrons. The Labute approximate surface area is 78.0 Å². The van der Waals surface area contributed by atoms with Gasteiger partial charge in [-0.25, -0.2) is 5.12 Å². The Morgan fingerprint density at radius 2 is 2.33 bits per heavy atom. The van der Waals surface area contributed by atoms with Crippen LogP contribution < -0.4 is 9.86 Å². The fourth-order valence-electron chi connectivity index (χ4n) is 1.05. The van der Waals surface area contributed by atoms with Crippen molar-refractivity contribution in [1.82, 2.24) is 0 Å². The molecule has 0 saturated heterocycles. The van der Waals surface area contributed by atoms with E-state index in [1.807, 2.05) is 0 Å². The maximum atomic E-state index is 13.1. The normalized spacial score (nSPS) is 11.9. The van der Waals surface area contributed by atoms with E-state index in [0.29, 0.717) is 21.8 Å². The van der Waals surface area contributed by atoms with Crippen molar-refractivity contribution >= 4 is 21.6 Å². The lowest BCUT2D eigenvalue weighted by atomic mass is 10.3. The van der Waals surface area contributed by atoms with Gasteiger partial charge in [0.2, 0.25) is 0 Å². The summed E-state index contributed by atoms with van der Waals surface area (Å²) < 4.78 is 18.8. The Kier molecular flexibility index (Phi) is 1.72. The molecular formula is C8H7BrFNO. The van der Waals surface area contributed by atoms with Crippen molar-refractivity contribution < 1.29 is 9.22 Å². The predicted molar refractivity (Wildman–Crippen MR) is 48.3 cm³/mol. The van der Waals surface area contributed by atoms with E-state index in [-0.39, 0.29) is 0 Å². The van der Waals surface area contributed by atoms with E-state index < -0.39 is 0 Å². The van der Waals surface area contributed by atoms with Gasteiger partial charge in [-0.2, -0.15) is 0 Å². The highest BCUT2D eigenvalue weighted by Crippen LogP contribution is 2.54. The Hall–Kier alpha value is -0.770. The average Bonchev–Trinajstić information content (AvgIpc) is 2.83. The molecule has 4 heteroatoms. The maximum absolute atomic E-state index is 13.1. The van der Waals surface area contributed by atoms with Crippen LogP contribution >= 0.6 is 15.9 Å². The highest BCUT2D eigenvalue weighted by Gasteiger charge is 2.27. The highest BCUT2D eigenvalue weighted by atomic mass is 79.9. The van der Waals surface area contributed by atoms with Crippen LogP contribution in [0.1, 0.15) is 6.92 Å². The van der Waals surface area contributed by atoms with Crippen molar-refractivity contribution in [2.75, 3.05) is 11.7 Å². The van der Waals surface area contributed by atoms with E-state index in [2.05, 4.69) is 15.9 Å². The van der Waals surface area contributed by atoms with Crippen LogP contribution in [-0.4, -0.2) is 6.54 Å². The second kappa shape index (κ2) is 2.62. The summed E-state index contributed by atoms with van der Waals surface area (Å²) in [6.45, 7) is 2.08. The Morgan fingerprint density at radius 1 is 1.58 bits per heavy atom. The number of nitrogens with zero attached hydrogens (tertiary/aromatic N) is 1. The molecule has 0 atom stereocenters. The summed E-state index contributed by atoms with van der Waals surface area (Å²) in [5, 5.41) is 0.673. The van der Waals surface area contributed by atoms with E-state index >= 15 is 0 Å². The molecule has 1 aliphatic rings. The van der Waals surface area contributed by atoms with Gasteiger partial charge in [0.05, 0.1) is 10.2 Å². The number of rotatable bonds is 2. The van der Waals surface area contributed by atoms with Gasteiger partial charge in [-0.3, -0.25) is 0 Å². The first-order valence-electron chi connectivity index (χ1n) is 3.67. The molecule has 1 aromatic carbocycles. The minimum atomic E-state index is 0.331. The largest absolute Gasteiger partial charge is 0.448 e. The van der Waals surface area contributed by atoms with Crippen LogP contribution in [0.5, 0.6) is 11.5 Å². The lowest BCUT2D eigenvalue weighted by molar-refractivity contribution is 0.444. The van der Waals surface area contributed by atoms with E-state index in [4.69, 9.17) is 4.74 Å². The third kappa shape index (κ3) is 1.06. The second-order valence-corrected chi connectivity index (χ2v) is 3.30. The van der Waals surface area contributed by atoms with Crippen molar-refractivity contribution in [2.45, 2.75) is 6.92 Å². The van der Waals surface area contributed by atoms with Crippen LogP contribution in [0.3, 0.4) is 0 Å². The van der Waals surface area contributed by atoms with Crippen LogP contribution in [0.25, 0.3) is 0 Å². The molecule has 1 aliphatic heterocycles. The molecule has 0 fully saturated rings. The van der Waals surface area contributed by atoms with Crippen LogP contribution in [0.15, 0.2) is 16.6 Å². The molecule has 12 heavy (non-hydrogen) atoms. The molecule has 0 saturated carbocycles. The zero-order valence-electron chi connectivity index (χ0n) is 6.47. The average molecular weight is 232 g/mol. The van der Waals surface area contributed by atoms with E-state index in [0.717, 1.165) is 11.5 Å². The van der Waals surface area contributed by atoms with Crippen LogP contribution in [0, 0.1) is 0 Å². The number of halogens is 2. The quantitative estimate of drug-likeness (QED) is 0.583. The first-order chi connectivity index (χ1) is 5.74. The van der Waals surface area contributed by atoms with Crippen molar-refractivity contribution in [3.05, 3.63) is 16.6 Å². The lowest BCUT2D eigenvalue weighted by Gasteiger charge is -2.10. The zero-order valence-corrected chi connectivity index (χ0v) is 8.06. The van der Waals surface area contributed by atoms with Gasteiger partial charge in [0, 0.05) is 6.54 Å². The summed E-state index contributed by atoms with van der Waals surface area (Å²) >= 11 is 3.27. The van der Waals surface area contributed by atoms with Crippen molar-refractivity contribution in [2.24, 2.45) is 0 Å². The summed E-state index contributed by atoms with van der Waals surface area (Å²) in [7, 11) is 0. The molecule has 0 spiro atoms. The van der Waals surface area contributed by atoms with Crippen LogP contribution in [-0.2, 0) is 0 Å². The summed E-state index contributed by atoms with van der Waals surface area (Å²) in [5.74, 6) is 1.58. The molecule has 0 amide bonds. The van der Waals surface area contributed by atoms with Gasteiger partial charge in [0.15, 0.2) is 11.5 Å². The first kappa shape index (κ1) is 7.86. The zero-order chi connectivity index (χ0) is 8.72. The molecule has 2 nitrogen and oxygen atoms in total. The van der Waals surface area contributed by atoms with E-state index in [1.165, 1.54) is 0 Å². The predicted octanol–water partition coefficient (Wildman–Crippen LogP) is 3.27. The van der Waals surface area contributed by atoms with Gasteiger partial charge in [-0.05, 0) is 35.0 Å². The van der Waals surface area contributed by atoms with Gasteiger partial charge in [-0.1, -0.05) is 4.48 Å². The molecule has 0 N–H and O–H groups in total. The van der Waals surface area contributed by atoms with Crippen molar-refractivity contribution in [3.8, 4) is 11.5 Å². The van der Waals surface area contributed by atoms with E-state index in [9.17, 15) is 4.48 Å². The number of anilines is 1. The minimum Gasteiger partial charge on any atom is -0.448 e. The fourth-order valence-corrected chi connectivity index (χ4v) is 1.65. The molecular weight excluding hydrogens is 225 g/mol. The number of fused-ring (bicyclic) bond motifs is 1. The third-order valence-electron chi connectivity index (χ3n) is 1.75. The molecule has 0 aromatic heterocycles. The van der Waals surface area contributed by atoms with Gasteiger partial charge in [-0.15, -0.1) is 0 Å². The highest BCUT2D eigenvalue weighted by molar-refractivity contribution is 9.10. The summed E-state index contributed by atoms with van der Waals surface area (Å²) in [6, 6.07) is 3.46. The third-order valence-corrected chi connectivity index (χ3v) is 2.52. The van der Waals surface area contributed by atoms with Crippen molar-refractivity contribution in [3.63, 3.8) is 0 Å². The van der Waals surface area contributed by atoms with Gasteiger partial charge < -0.3 is 4.74 Å². The molecule has 1 aromatic rings. The van der Waals surface area contributed by atoms with Gasteiger partial charge in [0.25, 0.3) is 0 Å². The van der Waals surface area contributed by atoms with E-state index in [1.54, 1.807) is 19.1 Å². The molecule has 0 unspecified atom stereocenters. The second-order valence-electron chi connectivity index (χ2n) is 2.51. The number of hydrogen-bond acceptors (Lipinski definition) is 2. The Bertz CT molecular complexity index is 329. The number of hydrogen-bond donors (Lipinski definition) is 0.